The van der Waals surface area contributed by atoms with Crippen molar-refractivity contribution in [2.24, 2.45) is 0 Å². The Balaban J connectivity index is 2.53. The molecule has 106 valence electrons. The first-order valence-electron chi connectivity index (χ1n) is 6.43. The van der Waals surface area contributed by atoms with Gasteiger partial charge >= 0.3 is 0 Å². The van der Waals surface area contributed by atoms with Crippen LogP contribution in [0.1, 0.15) is 19.4 Å². The second kappa shape index (κ2) is 8.02. The normalized spacial score (nSPS) is 10.3. The Morgan fingerprint density at radius 3 is 2.63 bits per heavy atom. The number of carbonyl (C=O) groups is 1. The molecule has 0 unspecified atom stereocenters. The molecule has 1 aromatic rings. The van der Waals surface area contributed by atoms with Gasteiger partial charge in [-0.25, -0.2) is 0 Å². The van der Waals surface area contributed by atoms with Crippen molar-refractivity contribution in [2.75, 3.05) is 26.7 Å². The van der Waals surface area contributed by atoms with Crippen molar-refractivity contribution in [3.8, 4) is 5.75 Å². The van der Waals surface area contributed by atoms with E-state index in [9.17, 15) is 4.79 Å². The molecule has 0 radical (unpaired) electrons. The molecule has 1 amide bonds. The minimum Gasteiger partial charge on any atom is -0.496 e. The number of rotatable bonds is 7. The van der Waals surface area contributed by atoms with Crippen molar-refractivity contribution >= 4 is 17.5 Å². The van der Waals surface area contributed by atoms with Crippen molar-refractivity contribution in [3.63, 3.8) is 0 Å². The minimum atomic E-state index is 0.103. The maximum absolute atomic E-state index is 11.8. The van der Waals surface area contributed by atoms with Crippen molar-refractivity contribution in [2.45, 2.75) is 20.4 Å². The number of nitrogens with one attached hydrogen (secondary N) is 1. The molecule has 1 rings (SSSR count). The van der Waals surface area contributed by atoms with Crippen molar-refractivity contribution < 1.29 is 9.53 Å². The molecule has 0 atom stereocenters. The van der Waals surface area contributed by atoms with Crippen LogP contribution in [-0.2, 0) is 11.3 Å². The number of benzene rings is 1. The van der Waals surface area contributed by atoms with Crippen molar-refractivity contribution in [1.82, 2.24) is 10.2 Å². The number of methoxy groups -OCH3 is 1. The summed E-state index contributed by atoms with van der Waals surface area (Å²) >= 11 is 5.95. The van der Waals surface area contributed by atoms with Gasteiger partial charge in [0.1, 0.15) is 5.75 Å². The van der Waals surface area contributed by atoms with Crippen LogP contribution in [0, 0.1) is 0 Å². The molecule has 1 aromatic carbocycles. The Morgan fingerprint density at radius 2 is 2.05 bits per heavy atom. The van der Waals surface area contributed by atoms with E-state index in [0.29, 0.717) is 18.1 Å². The summed E-state index contributed by atoms with van der Waals surface area (Å²) in [6.45, 7) is 6.28. The van der Waals surface area contributed by atoms with Gasteiger partial charge in [-0.1, -0.05) is 11.6 Å². The molecule has 1 N–H and O–H groups in total. The van der Waals surface area contributed by atoms with Crippen molar-refractivity contribution in [1.29, 1.82) is 0 Å². The predicted octanol–water partition coefficient (Wildman–Crippen LogP) is 2.31. The van der Waals surface area contributed by atoms with Gasteiger partial charge in [-0.15, -0.1) is 0 Å². The van der Waals surface area contributed by atoms with Crippen LogP contribution in [0.2, 0.25) is 5.02 Å². The molecule has 0 bridgehead atoms. The lowest BCUT2D eigenvalue weighted by Crippen LogP contribution is -2.37. The van der Waals surface area contributed by atoms with E-state index >= 15 is 0 Å². The first-order chi connectivity index (χ1) is 9.12. The van der Waals surface area contributed by atoms with E-state index in [4.69, 9.17) is 16.3 Å². The molecule has 0 aliphatic heterocycles. The fourth-order valence-electron chi connectivity index (χ4n) is 1.88. The van der Waals surface area contributed by atoms with Crippen molar-refractivity contribution in [3.05, 3.63) is 28.8 Å². The van der Waals surface area contributed by atoms with E-state index in [0.717, 1.165) is 24.4 Å². The summed E-state index contributed by atoms with van der Waals surface area (Å²) in [4.78, 5) is 13.6. The van der Waals surface area contributed by atoms with Gasteiger partial charge in [0.2, 0.25) is 5.91 Å². The summed E-state index contributed by atoms with van der Waals surface area (Å²) < 4.78 is 5.25. The average molecular weight is 285 g/mol. The number of ether oxygens (including phenoxy) is 1. The molecule has 0 aliphatic carbocycles. The second-order valence-electron chi connectivity index (χ2n) is 4.13. The summed E-state index contributed by atoms with van der Waals surface area (Å²) in [6.07, 6.45) is 0. The highest BCUT2D eigenvalue weighted by Gasteiger charge is 2.09. The van der Waals surface area contributed by atoms with Gasteiger partial charge in [0.25, 0.3) is 0 Å². The zero-order valence-corrected chi connectivity index (χ0v) is 12.5. The molecule has 19 heavy (non-hydrogen) atoms. The van der Waals surface area contributed by atoms with Gasteiger partial charge in [0.15, 0.2) is 0 Å². The van der Waals surface area contributed by atoms with Crippen LogP contribution >= 0.6 is 11.6 Å². The SMILES string of the molecule is CCN(CC)C(=O)CNCc1cc(Cl)ccc1OC. The number of hydrogen-bond donors (Lipinski definition) is 1. The summed E-state index contributed by atoms with van der Waals surface area (Å²) in [5.41, 5.74) is 0.947. The third-order valence-corrected chi connectivity index (χ3v) is 3.19. The Labute approximate surface area is 119 Å². The molecule has 4 nitrogen and oxygen atoms in total. The minimum absolute atomic E-state index is 0.103. The van der Waals surface area contributed by atoms with Crippen LogP contribution in [0.25, 0.3) is 0 Å². The van der Waals surface area contributed by atoms with Gasteiger partial charge in [-0.2, -0.15) is 0 Å². The molecular formula is C14H21ClN2O2. The van der Waals surface area contributed by atoms with Crippen LogP contribution in [-0.4, -0.2) is 37.6 Å². The van der Waals surface area contributed by atoms with Gasteiger partial charge in [0, 0.05) is 30.2 Å². The van der Waals surface area contributed by atoms with E-state index in [1.807, 2.05) is 26.0 Å². The fraction of sp³-hybridized carbons (Fsp3) is 0.500. The number of carbonyl (C=O) groups excluding carboxylic acids is 1. The Bertz CT molecular complexity index is 420. The number of hydrogen-bond acceptors (Lipinski definition) is 3. The number of nitrogens with zero attached hydrogens (tertiary/aromatic N) is 1. The molecule has 5 heteroatoms. The highest BCUT2D eigenvalue weighted by atomic mass is 35.5. The smallest absolute Gasteiger partial charge is 0.236 e. The number of likely N-dealkylation sites (N-methyl/N-ethyl adjacent to an activating group) is 1. The molecule has 0 fully saturated rings. The molecule has 0 saturated heterocycles. The van der Waals surface area contributed by atoms with E-state index in [-0.39, 0.29) is 5.91 Å². The zero-order chi connectivity index (χ0) is 14.3. The standard InChI is InChI=1S/C14H21ClN2O2/c1-4-17(5-2)14(18)10-16-9-11-8-12(15)6-7-13(11)19-3/h6-8,16H,4-5,9-10H2,1-3H3. The van der Waals surface area contributed by atoms with Gasteiger partial charge < -0.3 is 15.0 Å². The van der Waals surface area contributed by atoms with E-state index < -0.39 is 0 Å². The third-order valence-electron chi connectivity index (χ3n) is 2.95. The quantitative estimate of drug-likeness (QED) is 0.835. The molecule has 0 aliphatic rings. The fourth-order valence-corrected chi connectivity index (χ4v) is 2.07. The van der Waals surface area contributed by atoms with Crippen LogP contribution in [0.4, 0.5) is 0 Å². The Hall–Kier alpha value is -1.26. The van der Waals surface area contributed by atoms with Gasteiger partial charge in [0.05, 0.1) is 13.7 Å². The average Bonchev–Trinajstić information content (AvgIpc) is 2.40. The summed E-state index contributed by atoms with van der Waals surface area (Å²) in [7, 11) is 1.62. The number of halogens is 1. The molecule has 0 saturated carbocycles. The predicted molar refractivity (Wildman–Crippen MR) is 77.6 cm³/mol. The van der Waals surface area contributed by atoms with Crippen LogP contribution in [0.15, 0.2) is 18.2 Å². The lowest BCUT2D eigenvalue weighted by Gasteiger charge is -2.19. The van der Waals surface area contributed by atoms with Crippen LogP contribution in [0.3, 0.4) is 0 Å². The van der Waals surface area contributed by atoms with E-state index in [1.54, 1.807) is 18.1 Å². The summed E-state index contributed by atoms with van der Waals surface area (Å²) in [5, 5.41) is 3.78. The lowest BCUT2D eigenvalue weighted by atomic mass is 10.2. The zero-order valence-electron chi connectivity index (χ0n) is 11.7. The molecular weight excluding hydrogens is 264 g/mol. The second-order valence-corrected chi connectivity index (χ2v) is 4.56. The first kappa shape index (κ1) is 15.8. The maximum atomic E-state index is 11.8. The highest BCUT2D eigenvalue weighted by molar-refractivity contribution is 6.30. The van der Waals surface area contributed by atoms with E-state index in [1.165, 1.54) is 0 Å². The highest BCUT2D eigenvalue weighted by Crippen LogP contribution is 2.22. The summed E-state index contributed by atoms with van der Waals surface area (Å²) in [5.74, 6) is 0.873. The van der Waals surface area contributed by atoms with Gasteiger partial charge in [-0.05, 0) is 32.0 Å². The van der Waals surface area contributed by atoms with Crippen LogP contribution in [0.5, 0.6) is 5.75 Å². The monoisotopic (exact) mass is 284 g/mol. The third kappa shape index (κ3) is 4.73. The molecule has 0 aromatic heterocycles. The lowest BCUT2D eigenvalue weighted by molar-refractivity contribution is -0.129. The summed E-state index contributed by atoms with van der Waals surface area (Å²) in [6, 6.07) is 5.45. The van der Waals surface area contributed by atoms with Crippen LogP contribution < -0.4 is 10.1 Å². The topological polar surface area (TPSA) is 41.6 Å². The largest absolute Gasteiger partial charge is 0.496 e. The van der Waals surface area contributed by atoms with Gasteiger partial charge in [-0.3, -0.25) is 4.79 Å². The Kier molecular flexibility index (Phi) is 6.67. The Morgan fingerprint density at radius 1 is 1.37 bits per heavy atom. The maximum Gasteiger partial charge on any atom is 0.236 e. The molecule has 0 heterocycles. The van der Waals surface area contributed by atoms with E-state index in [2.05, 4.69) is 5.32 Å². The molecule has 0 spiro atoms. The number of amides is 1. The first-order valence-corrected chi connectivity index (χ1v) is 6.81.